The molecule has 0 saturated heterocycles. The van der Waals surface area contributed by atoms with Crippen molar-refractivity contribution in [2.24, 2.45) is 29.4 Å². The molecule has 106 valence electrons. The van der Waals surface area contributed by atoms with Gasteiger partial charge in [-0.05, 0) is 50.0 Å². The van der Waals surface area contributed by atoms with Gasteiger partial charge in [-0.15, -0.1) is 0 Å². The molecule has 0 spiro atoms. The molecule has 0 unspecified atom stereocenters. The summed E-state index contributed by atoms with van der Waals surface area (Å²) in [7, 11) is 0. The van der Waals surface area contributed by atoms with E-state index in [0.29, 0.717) is 23.5 Å². The number of ketones is 1. The van der Waals surface area contributed by atoms with Gasteiger partial charge in [0.05, 0.1) is 0 Å². The molecule has 0 amide bonds. The highest BCUT2D eigenvalue weighted by atomic mass is 16.1. The third kappa shape index (κ3) is 4.72. The average Bonchev–Trinajstić information content (AvgIpc) is 2.34. The molecule has 1 saturated carbocycles. The van der Waals surface area contributed by atoms with Gasteiger partial charge in [-0.3, -0.25) is 4.79 Å². The van der Waals surface area contributed by atoms with Crippen LogP contribution in [0.25, 0.3) is 0 Å². The molecule has 2 nitrogen and oxygen atoms in total. The van der Waals surface area contributed by atoms with Crippen molar-refractivity contribution in [3.63, 3.8) is 0 Å². The molecule has 0 heterocycles. The molecule has 2 heteroatoms. The highest BCUT2D eigenvalue weighted by molar-refractivity contribution is 5.81. The standard InChI is InChI=1S/C16H31NO/c1-12(2)14-9-8-13(3)11-15(14)16(18)7-5-4-6-10-17/h12-15H,4-11,17H2,1-3H3/t13-,14+,15-/m1/s1. The Labute approximate surface area is 113 Å². The van der Waals surface area contributed by atoms with Crippen molar-refractivity contribution in [1.29, 1.82) is 0 Å². The van der Waals surface area contributed by atoms with E-state index in [2.05, 4.69) is 20.8 Å². The molecular weight excluding hydrogens is 222 g/mol. The van der Waals surface area contributed by atoms with Crippen molar-refractivity contribution < 1.29 is 4.79 Å². The third-order valence-electron chi connectivity index (χ3n) is 4.56. The van der Waals surface area contributed by atoms with Gasteiger partial charge in [0, 0.05) is 12.3 Å². The number of hydrogen-bond acceptors (Lipinski definition) is 2. The van der Waals surface area contributed by atoms with Gasteiger partial charge < -0.3 is 5.73 Å². The zero-order valence-electron chi connectivity index (χ0n) is 12.5. The van der Waals surface area contributed by atoms with Gasteiger partial charge in [-0.1, -0.05) is 33.6 Å². The number of Topliss-reactive ketones (excluding diaryl/α,β-unsaturated/α-hetero) is 1. The van der Waals surface area contributed by atoms with Gasteiger partial charge in [0.25, 0.3) is 0 Å². The quantitative estimate of drug-likeness (QED) is 0.702. The first-order valence-electron chi connectivity index (χ1n) is 7.79. The second-order valence-corrected chi connectivity index (χ2v) is 6.50. The van der Waals surface area contributed by atoms with Crippen LogP contribution in [0.4, 0.5) is 0 Å². The zero-order chi connectivity index (χ0) is 13.5. The average molecular weight is 253 g/mol. The Morgan fingerprint density at radius 1 is 1.22 bits per heavy atom. The highest BCUT2D eigenvalue weighted by Crippen LogP contribution is 2.39. The van der Waals surface area contributed by atoms with Crippen molar-refractivity contribution >= 4 is 5.78 Å². The predicted molar refractivity (Wildman–Crippen MR) is 77.4 cm³/mol. The lowest BCUT2D eigenvalue weighted by atomic mass is 9.68. The van der Waals surface area contributed by atoms with E-state index in [1.807, 2.05) is 0 Å². The summed E-state index contributed by atoms with van der Waals surface area (Å²) in [4.78, 5) is 12.4. The Morgan fingerprint density at radius 2 is 1.94 bits per heavy atom. The third-order valence-corrected chi connectivity index (χ3v) is 4.56. The minimum absolute atomic E-state index is 0.339. The monoisotopic (exact) mass is 253 g/mol. The molecule has 0 bridgehead atoms. The van der Waals surface area contributed by atoms with E-state index in [1.165, 1.54) is 12.8 Å². The molecule has 1 rings (SSSR count). The fourth-order valence-corrected chi connectivity index (χ4v) is 3.38. The maximum absolute atomic E-state index is 12.4. The van der Waals surface area contributed by atoms with Crippen LogP contribution in [0.15, 0.2) is 0 Å². The second-order valence-electron chi connectivity index (χ2n) is 6.50. The fourth-order valence-electron chi connectivity index (χ4n) is 3.38. The van der Waals surface area contributed by atoms with Crippen LogP contribution in [0.2, 0.25) is 0 Å². The van der Waals surface area contributed by atoms with Crippen molar-refractivity contribution in [3.8, 4) is 0 Å². The lowest BCUT2D eigenvalue weighted by Gasteiger charge is -2.36. The molecule has 0 aromatic heterocycles. The molecule has 18 heavy (non-hydrogen) atoms. The normalized spacial score (nSPS) is 28.6. The summed E-state index contributed by atoms with van der Waals surface area (Å²) in [5.41, 5.74) is 5.48. The van der Waals surface area contributed by atoms with Crippen LogP contribution < -0.4 is 5.73 Å². The Bertz CT molecular complexity index is 249. The fraction of sp³-hybridized carbons (Fsp3) is 0.938. The molecule has 0 radical (unpaired) electrons. The summed E-state index contributed by atoms with van der Waals surface area (Å²) in [6, 6.07) is 0. The Hall–Kier alpha value is -0.370. The summed E-state index contributed by atoms with van der Waals surface area (Å²) in [5, 5.41) is 0. The first-order valence-corrected chi connectivity index (χ1v) is 7.79. The highest BCUT2D eigenvalue weighted by Gasteiger charge is 2.34. The van der Waals surface area contributed by atoms with Crippen LogP contribution in [0.3, 0.4) is 0 Å². The van der Waals surface area contributed by atoms with E-state index in [9.17, 15) is 4.79 Å². The number of carbonyl (C=O) groups excluding carboxylic acids is 1. The van der Waals surface area contributed by atoms with Crippen molar-refractivity contribution in [2.75, 3.05) is 6.54 Å². The lowest BCUT2D eigenvalue weighted by molar-refractivity contribution is -0.127. The summed E-state index contributed by atoms with van der Waals surface area (Å²) in [6.45, 7) is 7.60. The SMILES string of the molecule is CC(C)[C@@H]1CC[C@@H](C)C[C@H]1C(=O)CCCCCN. The number of rotatable bonds is 7. The van der Waals surface area contributed by atoms with Gasteiger partial charge in [-0.25, -0.2) is 0 Å². The number of unbranched alkanes of at least 4 members (excludes halogenated alkanes) is 2. The number of carbonyl (C=O) groups is 1. The molecule has 3 atom stereocenters. The first kappa shape index (κ1) is 15.7. The number of nitrogens with two attached hydrogens (primary N) is 1. The molecule has 1 aliphatic rings. The number of hydrogen-bond donors (Lipinski definition) is 1. The van der Waals surface area contributed by atoms with Gasteiger partial charge in [0.2, 0.25) is 0 Å². The topological polar surface area (TPSA) is 43.1 Å². The van der Waals surface area contributed by atoms with Gasteiger partial charge in [0.15, 0.2) is 0 Å². The summed E-state index contributed by atoms with van der Waals surface area (Å²) < 4.78 is 0. The predicted octanol–water partition coefficient (Wildman–Crippen LogP) is 3.78. The van der Waals surface area contributed by atoms with Crippen LogP contribution in [0, 0.1) is 23.7 Å². The van der Waals surface area contributed by atoms with Crippen LogP contribution in [0.1, 0.15) is 65.7 Å². The van der Waals surface area contributed by atoms with Crippen molar-refractivity contribution in [2.45, 2.75) is 65.7 Å². The van der Waals surface area contributed by atoms with E-state index in [4.69, 9.17) is 5.73 Å². The van der Waals surface area contributed by atoms with Gasteiger partial charge >= 0.3 is 0 Å². The lowest BCUT2D eigenvalue weighted by Crippen LogP contribution is -2.33. The summed E-state index contributed by atoms with van der Waals surface area (Å²) in [5.74, 6) is 2.88. The molecule has 0 aromatic carbocycles. The molecule has 0 aromatic rings. The van der Waals surface area contributed by atoms with Crippen molar-refractivity contribution in [3.05, 3.63) is 0 Å². The second kappa shape index (κ2) is 7.93. The van der Waals surface area contributed by atoms with E-state index >= 15 is 0 Å². The zero-order valence-corrected chi connectivity index (χ0v) is 12.5. The molecule has 1 fully saturated rings. The van der Waals surface area contributed by atoms with E-state index in [-0.39, 0.29) is 0 Å². The molecular formula is C16H31NO. The Kier molecular flexibility index (Phi) is 6.91. The summed E-state index contributed by atoms with van der Waals surface area (Å²) in [6.07, 6.45) is 7.65. The van der Waals surface area contributed by atoms with Crippen LogP contribution >= 0.6 is 0 Å². The maximum atomic E-state index is 12.4. The summed E-state index contributed by atoms with van der Waals surface area (Å²) >= 11 is 0. The van der Waals surface area contributed by atoms with E-state index in [1.54, 1.807) is 0 Å². The van der Waals surface area contributed by atoms with Crippen LogP contribution in [-0.2, 0) is 4.79 Å². The van der Waals surface area contributed by atoms with Gasteiger partial charge in [0.1, 0.15) is 5.78 Å². The molecule has 0 aliphatic heterocycles. The largest absolute Gasteiger partial charge is 0.330 e. The molecule has 2 N–H and O–H groups in total. The molecule has 1 aliphatic carbocycles. The Balaban J connectivity index is 2.45. The Morgan fingerprint density at radius 3 is 2.56 bits per heavy atom. The van der Waals surface area contributed by atoms with Crippen LogP contribution in [0.5, 0.6) is 0 Å². The first-order chi connectivity index (χ1) is 8.56. The van der Waals surface area contributed by atoms with E-state index in [0.717, 1.165) is 44.6 Å². The van der Waals surface area contributed by atoms with E-state index < -0.39 is 0 Å². The smallest absolute Gasteiger partial charge is 0.136 e. The maximum Gasteiger partial charge on any atom is 0.136 e. The minimum atomic E-state index is 0.339. The van der Waals surface area contributed by atoms with Gasteiger partial charge in [-0.2, -0.15) is 0 Å². The van der Waals surface area contributed by atoms with Crippen LogP contribution in [-0.4, -0.2) is 12.3 Å². The minimum Gasteiger partial charge on any atom is -0.330 e. The van der Waals surface area contributed by atoms with Crippen molar-refractivity contribution in [1.82, 2.24) is 0 Å².